The van der Waals surface area contributed by atoms with Gasteiger partial charge < -0.3 is 19.4 Å². The zero-order valence-electron chi connectivity index (χ0n) is 24.6. The molecule has 1 N–H and O–H groups in total. The number of carbonyl (C=O) groups is 1. The lowest BCUT2D eigenvalue weighted by Gasteiger charge is -2.35. The highest BCUT2D eigenvalue weighted by Crippen LogP contribution is 2.29. The van der Waals surface area contributed by atoms with Gasteiger partial charge in [-0.2, -0.15) is 4.98 Å². The summed E-state index contributed by atoms with van der Waals surface area (Å²) in [6.45, 7) is 9.19. The van der Waals surface area contributed by atoms with E-state index in [2.05, 4.69) is 25.3 Å². The molecule has 1 amide bonds. The van der Waals surface area contributed by atoms with Gasteiger partial charge in [-0.15, -0.1) is 10.2 Å². The molecule has 0 atom stereocenters. The zero-order chi connectivity index (χ0) is 31.1. The van der Waals surface area contributed by atoms with Gasteiger partial charge in [-0.05, 0) is 39.0 Å². The van der Waals surface area contributed by atoms with Gasteiger partial charge in [-0.1, -0.05) is 23.2 Å². The van der Waals surface area contributed by atoms with Gasteiger partial charge in [0.05, 0.1) is 10.0 Å². The number of rotatable bonds is 7. The highest BCUT2D eigenvalue weighted by Gasteiger charge is 2.27. The van der Waals surface area contributed by atoms with Crippen molar-refractivity contribution in [2.45, 2.75) is 32.9 Å². The summed E-state index contributed by atoms with van der Waals surface area (Å²) < 4.78 is 15.4. The standard InChI is InChI=1S/C27H33Cl2N9O5/c1-27(2,3)43-25(40)30-8-9-36-10-12-37(13-11-36)24-31-21-20(23(39)35(5)26(41)34(21)4)38(24)15-19-32-33-22(42-19)16-6-7-17(28)18(29)14-16/h6-7,14H,8-13,15H2,1-5H3,(H,30,40). The average Bonchev–Trinajstić information content (AvgIpc) is 3.57. The first-order valence-corrected chi connectivity index (χ1v) is 14.5. The maximum Gasteiger partial charge on any atom is 0.407 e. The lowest BCUT2D eigenvalue weighted by molar-refractivity contribution is 0.0521. The smallest absolute Gasteiger partial charge is 0.407 e. The summed E-state index contributed by atoms with van der Waals surface area (Å²) in [7, 11) is 3.01. The van der Waals surface area contributed by atoms with E-state index in [9.17, 15) is 14.4 Å². The molecule has 1 aliphatic heterocycles. The number of aromatic nitrogens is 6. The minimum Gasteiger partial charge on any atom is -0.444 e. The van der Waals surface area contributed by atoms with Gasteiger partial charge in [0.2, 0.25) is 17.7 Å². The Morgan fingerprint density at radius 3 is 2.44 bits per heavy atom. The summed E-state index contributed by atoms with van der Waals surface area (Å²) in [6.07, 6.45) is -0.449. The SMILES string of the molecule is Cn1c(=O)c2c(nc(N3CCN(CCNC(=O)OC(C)(C)C)CC3)n2Cc2nnc(-c3ccc(Cl)c(Cl)c3)o2)n(C)c1=O. The summed E-state index contributed by atoms with van der Waals surface area (Å²) in [5.41, 5.74) is -0.407. The highest BCUT2D eigenvalue weighted by molar-refractivity contribution is 6.42. The van der Waals surface area contributed by atoms with Crippen LogP contribution < -0.4 is 21.5 Å². The van der Waals surface area contributed by atoms with Crippen LogP contribution in [0.25, 0.3) is 22.6 Å². The number of nitrogens with zero attached hydrogens (tertiary/aromatic N) is 8. The molecule has 1 fully saturated rings. The van der Waals surface area contributed by atoms with Crippen LogP contribution in [0.3, 0.4) is 0 Å². The molecule has 4 aromatic rings. The van der Waals surface area contributed by atoms with E-state index in [4.69, 9.17) is 37.3 Å². The van der Waals surface area contributed by atoms with Crippen molar-refractivity contribution in [3.63, 3.8) is 0 Å². The van der Waals surface area contributed by atoms with E-state index in [1.54, 1.807) is 29.8 Å². The Hall–Kier alpha value is -3.88. The van der Waals surface area contributed by atoms with Crippen LogP contribution in [0, 0.1) is 0 Å². The largest absolute Gasteiger partial charge is 0.444 e. The predicted octanol–water partition coefficient (Wildman–Crippen LogP) is 2.49. The van der Waals surface area contributed by atoms with Crippen LogP contribution in [0.2, 0.25) is 10.0 Å². The van der Waals surface area contributed by atoms with Crippen LogP contribution in [0.15, 0.2) is 32.2 Å². The van der Waals surface area contributed by atoms with Crippen LogP contribution in [0.5, 0.6) is 0 Å². The Balaban J connectivity index is 1.38. The Morgan fingerprint density at radius 1 is 1.05 bits per heavy atom. The number of piperazine rings is 1. The number of hydrogen-bond donors (Lipinski definition) is 1. The molecule has 0 bridgehead atoms. The number of hydrogen-bond acceptors (Lipinski definition) is 10. The third kappa shape index (κ3) is 6.55. The number of carbonyl (C=O) groups excluding carboxylic acids is 1. The molecule has 43 heavy (non-hydrogen) atoms. The van der Waals surface area contributed by atoms with Crippen LogP contribution in [-0.2, 0) is 25.4 Å². The lowest BCUT2D eigenvalue weighted by Crippen LogP contribution is -2.49. The first-order chi connectivity index (χ1) is 20.3. The molecule has 3 aromatic heterocycles. The van der Waals surface area contributed by atoms with E-state index in [-0.39, 0.29) is 29.5 Å². The molecule has 16 heteroatoms. The number of nitrogens with one attached hydrogen (secondary N) is 1. The second-order valence-corrected chi connectivity index (χ2v) is 12.1. The third-order valence-corrected chi connectivity index (χ3v) is 7.75. The molecule has 0 unspecified atom stereocenters. The summed E-state index contributed by atoms with van der Waals surface area (Å²) in [4.78, 5) is 47.0. The summed E-state index contributed by atoms with van der Waals surface area (Å²) in [5, 5.41) is 11.9. The number of anilines is 1. The molecular formula is C27H33Cl2N9O5. The topological polar surface area (TPSA) is 146 Å². The van der Waals surface area contributed by atoms with Crippen LogP contribution >= 0.6 is 23.2 Å². The number of imidazole rings is 1. The van der Waals surface area contributed by atoms with Crippen molar-refractivity contribution in [3.8, 4) is 11.5 Å². The van der Waals surface area contributed by atoms with Gasteiger partial charge >= 0.3 is 11.8 Å². The number of fused-ring (bicyclic) bond motifs is 1. The molecule has 0 saturated carbocycles. The number of benzene rings is 1. The molecule has 0 aliphatic carbocycles. The van der Waals surface area contributed by atoms with E-state index in [1.165, 1.54) is 11.6 Å². The molecule has 1 saturated heterocycles. The van der Waals surface area contributed by atoms with Gasteiger partial charge in [0.25, 0.3) is 5.56 Å². The summed E-state index contributed by atoms with van der Waals surface area (Å²) >= 11 is 12.2. The first kappa shape index (κ1) is 30.6. The number of amides is 1. The maximum atomic E-state index is 13.3. The molecule has 0 radical (unpaired) electrons. The minimum absolute atomic E-state index is 0.0492. The molecule has 230 valence electrons. The van der Waals surface area contributed by atoms with E-state index >= 15 is 0 Å². The van der Waals surface area contributed by atoms with Gasteiger partial charge in [0.15, 0.2) is 11.2 Å². The molecule has 14 nitrogen and oxygen atoms in total. The number of ether oxygens (including phenoxy) is 1. The first-order valence-electron chi connectivity index (χ1n) is 13.7. The van der Waals surface area contributed by atoms with Crippen molar-refractivity contribution >= 4 is 46.4 Å². The molecule has 0 spiro atoms. The van der Waals surface area contributed by atoms with Crippen molar-refractivity contribution in [1.82, 2.24) is 39.1 Å². The zero-order valence-corrected chi connectivity index (χ0v) is 26.1. The Morgan fingerprint density at radius 2 is 1.77 bits per heavy atom. The monoisotopic (exact) mass is 633 g/mol. The van der Waals surface area contributed by atoms with Crippen molar-refractivity contribution in [2.24, 2.45) is 14.1 Å². The molecule has 1 aliphatic rings. The van der Waals surface area contributed by atoms with Crippen molar-refractivity contribution < 1.29 is 13.9 Å². The summed E-state index contributed by atoms with van der Waals surface area (Å²) in [6, 6.07) is 4.99. The second-order valence-electron chi connectivity index (χ2n) is 11.3. The van der Waals surface area contributed by atoms with Crippen LogP contribution in [0.1, 0.15) is 26.7 Å². The third-order valence-electron chi connectivity index (χ3n) is 7.01. The maximum absolute atomic E-state index is 13.3. The summed E-state index contributed by atoms with van der Waals surface area (Å²) in [5.74, 6) is 0.993. The minimum atomic E-state index is -0.558. The number of aryl methyl sites for hydroxylation is 1. The fourth-order valence-electron chi connectivity index (χ4n) is 4.83. The van der Waals surface area contributed by atoms with Gasteiger partial charge in [-0.25, -0.2) is 9.59 Å². The van der Waals surface area contributed by atoms with Gasteiger partial charge in [0.1, 0.15) is 12.1 Å². The molecular weight excluding hydrogens is 601 g/mol. The second kappa shape index (κ2) is 12.0. The normalized spacial score (nSPS) is 14.4. The molecule has 5 rings (SSSR count). The van der Waals surface area contributed by atoms with E-state index < -0.39 is 22.9 Å². The van der Waals surface area contributed by atoms with E-state index in [0.717, 1.165) is 4.57 Å². The van der Waals surface area contributed by atoms with E-state index in [0.29, 0.717) is 60.8 Å². The predicted molar refractivity (Wildman–Crippen MR) is 162 cm³/mol. The van der Waals surface area contributed by atoms with Crippen molar-refractivity contribution in [1.29, 1.82) is 0 Å². The average molecular weight is 635 g/mol. The number of halogens is 2. The lowest BCUT2D eigenvalue weighted by atomic mass is 10.2. The van der Waals surface area contributed by atoms with Gasteiger partial charge in [-0.3, -0.25) is 23.4 Å². The van der Waals surface area contributed by atoms with Gasteiger partial charge in [0, 0.05) is 58.9 Å². The quantitative estimate of drug-likeness (QED) is 0.322. The van der Waals surface area contributed by atoms with Crippen LogP contribution in [0.4, 0.5) is 10.7 Å². The molecule has 1 aromatic carbocycles. The van der Waals surface area contributed by atoms with Crippen LogP contribution in [-0.4, -0.2) is 84.7 Å². The highest BCUT2D eigenvalue weighted by atomic mass is 35.5. The Kier molecular flexibility index (Phi) is 8.54. The Labute approximate surface area is 256 Å². The van der Waals surface area contributed by atoms with E-state index in [1.807, 2.05) is 20.8 Å². The number of alkyl carbamates (subject to hydrolysis) is 1. The van der Waals surface area contributed by atoms with Crippen molar-refractivity contribution in [3.05, 3.63) is 55.0 Å². The fraction of sp³-hybridized carbons (Fsp3) is 0.481. The Bertz CT molecular complexity index is 1780. The van der Waals surface area contributed by atoms with Crippen molar-refractivity contribution in [2.75, 3.05) is 44.2 Å². The fourth-order valence-corrected chi connectivity index (χ4v) is 5.12. The molecule has 4 heterocycles.